The lowest BCUT2D eigenvalue weighted by atomic mass is 9.84. The number of aliphatic carboxylic acids is 1. The van der Waals surface area contributed by atoms with E-state index in [1.54, 1.807) is 0 Å². The van der Waals surface area contributed by atoms with Crippen LogP contribution in [0.4, 0.5) is 0 Å². The van der Waals surface area contributed by atoms with Crippen molar-refractivity contribution in [2.75, 3.05) is 7.11 Å². The number of carboxylic acid groups (broad SMARTS) is 1. The maximum Gasteiger partial charge on any atom is 0.382 e. The van der Waals surface area contributed by atoms with Crippen LogP contribution in [0, 0.1) is 11.8 Å². The van der Waals surface area contributed by atoms with Gasteiger partial charge in [-0.1, -0.05) is 11.1 Å². The summed E-state index contributed by atoms with van der Waals surface area (Å²) in [5.74, 6) is 3.10. The Morgan fingerprint density at radius 1 is 1.53 bits per heavy atom. The Labute approximate surface area is 87.7 Å². The van der Waals surface area contributed by atoms with Crippen LogP contribution in [0.15, 0.2) is 5.16 Å². The van der Waals surface area contributed by atoms with Crippen LogP contribution in [0.2, 0.25) is 0 Å². The predicted molar refractivity (Wildman–Crippen MR) is 53.3 cm³/mol. The molecule has 0 radical (unpaired) electrons. The molecule has 1 aliphatic rings. The van der Waals surface area contributed by atoms with E-state index in [1.807, 2.05) is 5.92 Å². The van der Waals surface area contributed by atoms with Gasteiger partial charge in [0.05, 0.1) is 5.71 Å². The minimum Gasteiger partial charge on any atom is -0.472 e. The Balaban J connectivity index is 2.60. The highest BCUT2D eigenvalue weighted by molar-refractivity contribution is 5.87. The molecule has 0 spiro atoms. The number of carboxylic acids is 1. The van der Waals surface area contributed by atoms with E-state index in [0.29, 0.717) is 25.7 Å². The summed E-state index contributed by atoms with van der Waals surface area (Å²) >= 11 is 0. The molecule has 1 rings (SSSR count). The number of nitrogens with zero attached hydrogens (tertiary/aromatic N) is 1. The lowest BCUT2D eigenvalue weighted by Crippen LogP contribution is -2.32. The van der Waals surface area contributed by atoms with Gasteiger partial charge in [-0.15, -0.1) is 0 Å². The van der Waals surface area contributed by atoms with Crippen LogP contribution in [0.1, 0.15) is 25.7 Å². The van der Waals surface area contributed by atoms with Gasteiger partial charge in [-0.05, 0) is 25.7 Å². The summed E-state index contributed by atoms with van der Waals surface area (Å²) in [6, 6.07) is 0. The zero-order valence-electron chi connectivity index (χ0n) is 8.49. The summed E-state index contributed by atoms with van der Waals surface area (Å²) in [7, 11) is 1.47. The number of aliphatic hydroxyl groups is 1. The summed E-state index contributed by atoms with van der Waals surface area (Å²) in [5, 5.41) is 22.0. The molecule has 0 amide bonds. The number of rotatable bonds is 1. The molecule has 0 aliphatic heterocycles. The summed E-state index contributed by atoms with van der Waals surface area (Å²) < 4.78 is 0. The minimum absolute atomic E-state index is 0.398. The average molecular weight is 211 g/mol. The van der Waals surface area contributed by atoms with Crippen molar-refractivity contribution in [3.05, 3.63) is 0 Å². The third-order valence-corrected chi connectivity index (χ3v) is 2.28. The molecule has 0 aromatic rings. The monoisotopic (exact) mass is 211 g/mol. The molecule has 0 atom stereocenters. The summed E-state index contributed by atoms with van der Waals surface area (Å²) in [5.41, 5.74) is -0.315. The minimum atomic E-state index is -1.22. The zero-order valence-corrected chi connectivity index (χ0v) is 8.49. The van der Waals surface area contributed by atoms with E-state index in [1.165, 1.54) is 7.11 Å². The Kier molecular flexibility index (Phi) is 3.69. The van der Waals surface area contributed by atoms with Crippen molar-refractivity contribution in [1.82, 2.24) is 0 Å². The van der Waals surface area contributed by atoms with Crippen molar-refractivity contribution in [3.8, 4) is 11.8 Å². The molecular weight excluding hydrogens is 198 g/mol. The second kappa shape index (κ2) is 4.80. The van der Waals surface area contributed by atoms with Crippen LogP contribution in [0.25, 0.3) is 0 Å². The molecule has 2 N–H and O–H groups in total. The van der Waals surface area contributed by atoms with Gasteiger partial charge in [0.15, 0.2) is 0 Å². The first-order chi connectivity index (χ1) is 7.06. The molecule has 0 aromatic heterocycles. The smallest absolute Gasteiger partial charge is 0.382 e. The Morgan fingerprint density at radius 2 is 2.13 bits per heavy atom. The van der Waals surface area contributed by atoms with Crippen LogP contribution in [-0.4, -0.2) is 34.6 Å². The van der Waals surface area contributed by atoms with Crippen LogP contribution in [0.3, 0.4) is 0 Å². The normalized spacial score (nSPS) is 25.1. The lowest BCUT2D eigenvalue weighted by molar-refractivity contribution is -0.130. The van der Waals surface area contributed by atoms with Crippen molar-refractivity contribution in [2.24, 2.45) is 5.16 Å². The van der Waals surface area contributed by atoms with Crippen molar-refractivity contribution >= 4 is 11.7 Å². The molecule has 1 saturated carbocycles. The predicted octanol–water partition coefficient (Wildman–Crippen LogP) is 0.382. The highest BCUT2D eigenvalue weighted by atomic mass is 16.6. The van der Waals surface area contributed by atoms with Gasteiger partial charge in [0, 0.05) is 5.92 Å². The molecule has 82 valence electrons. The molecule has 1 aliphatic carbocycles. The van der Waals surface area contributed by atoms with E-state index < -0.39 is 11.6 Å². The molecular formula is C10H13NO4. The summed E-state index contributed by atoms with van der Waals surface area (Å²) in [4.78, 5) is 14.8. The first-order valence-corrected chi connectivity index (χ1v) is 4.63. The first-order valence-electron chi connectivity index (χ1n) is 4.63. The van der Waals surface area contributed by atoms with E-state index in [2.05, 4.69) is 15.9 Å². The Morgan fingerprint density at radius 3 is 2.60 bits per heavy atom. The topological polar surface area (TPSA) is 79.1 Å². The molecule has 0 aromatic carbocycles. The molecule has 0 bridgehead atoms. The van der Waals surface area contributed by atoms with Gasteiger partial charge in [0.1, 0.15) is 12.7 Å². The van der Waals surface area contributed by atoms with Crippen molar-refractivity contribution in [1.29, 1.82) is 0 Å². The fraction of sp³-hybridized carbons (Fsp3) is 0.600. The van der Waals surface area contributed by atoms with Gasteiger partial charge in [-0.2, -0.15) is 0 Å². The SMILES string of the molecule is CON=C1CCC(O)(C#CC(=O)O)CC1. The molecule has 0 unspecified atom stereocenters. The van der Waals surface area contributed by atoms with Crippen LogP contribution < -0.4 is 0 Å². The Hall–Kier alpha value is -1.54. The Bertz CT molecular complexity index is 327. The number of carbonyl (C=O) groups is 1. The van der Waals surface area contributed by atoms with E-state index in [4.69, 9.17) is 5.11 Å². The van der Waals surface area contributed by atoms with Crippen molar-refractivity contribution < 1.29 is 19.8 Å². The maximum absolute atomic E-state index is 10.2. The van der Waals surface area contributed by atoms with Gasteiger partial charge in [-0.3, -0.25) is 0 Å². The highest BCUT2D eigenvalue weighted by Crippen LogP contribution is 2.26. The molecule has 15 heavy (non-hydrogen) atoms. The summed E-state index contributed by atoms with van der Waals surface area (Å²) in [6.45, 7) is 0. The largest absolute Gasteiger partial charge is 0.472 e. The van der Waals surface area contributed by atoms with Gasteiger partial charge in [0.2, 0.25) is 0 Å². The van der Waals surface area contributed by atoms with Crippen molar-refractivity contribution in [2.45, 2.75) is 31.3 Å². The van der Waals surface area contributed by atoms with Gasteiger partial charge < -0.3 is 15.1 Å². The quantitative estimate of drug-likeness (QED) is 0.485. The van der Waals surface area contributed by atoms with E-state index in [-0.39, 0.29) is 0 Å². The first kappa shape index (κ1) is 11.5. The van der Waals surface area contributed by atoms with E-state index in [9.17, 15) is 9.90 Å². The molecule has 0 saturated heterocycles. The fourth-order valence-corrected chi connectivity index (χ4v) is 1.47. The third-order valence-electron chi connectivity index (χ3n) is 2.28. The fourth-order valence-electron chi connectivity index (χ4n) is 1.47. The number of hydrogen-bond acceptors (Lipinski definition) is 4. The van der Waals surface area contributed by atoms with Crippen LogP contribution in [0.5, 0.6) is 0 Å². The molecule has 1 fully saturated rings. The molecule has 5 nitrogen and oxygen atoms in total. The van der Waals surface area contributed by atoms with Crippen LogP contribution >= 0.6 is 0 Å². The van der Waals surface area contributed by atoms with Gasteiger partial charge >= 0.3 is 5.97 Å². The zero-order chi connectivity index (χ0) is 11.3. The van der Waals surface area contributed by atoms with Crippen molar-refractivity contribution in [3.63, 3.8) is 0 Å². The van der Waals surface area contributed by atoms with E-state index >= 15 is 0 Å². The number of oxime groups is 1. The standard InChI is InChI=1S/C10H13NO4/c1-15-11-8-2-5-10(14,6-3-8)7-4-9(12)13/h14H,2-3,5-6H2,1H3,(H,12,13). The van der Waals surface area contributed by atoms with Gasteiger partial charge in [-0.25, -0.2) is 4.79 Å². The highest BCUT2D eigenvalue weighted by Gasteiger charge is 2.30. The second-order valence-electron chi connectivity index (χ2n) is 3.43. The average Bonchev–Trinajstić information content (AvgIpc) is 2.20. The van der Waals surface area contributed by atoms with Gasteiger partial charge in [0.25, 0.3) is 0 Å². The molecule has 0 heterocycles. The second-order valence-corrected chi connectivity index (χ2v) is 3.43. The maximum atomic E-state index is 10.2. The van der Waals surface area contributed by atoms with Crippen LogP contribution in [-0.2, 0) is 9.63 Å². The van der Waals surface area contributed by atoms with E-state index in [0.717, 1.165) is 5.71 Å². The third kappa shape index (κ3) is 3.60. The summed E-state index contributed by atoms with van der Waals surface area (Å²) in [6.07, 6.45) is 1.96. The lowest BCUT2D eigenvalue weighted by Gasteiger charge is -2.27. The molecule has 5 heteroatoms. The number of hydrogen-bond donors (Lipinski definition) is 2.